The summed E-state index contributed by atoms with van der Waals surface area (Å²) < 4.78 is 5.47. The zero-order valence-corrected chi connectivity index (χ0v) is 15.7. The molecule has 2 rings (SSSR count). The second kappa shape index (κ2) is 9.92. The number of ether oxygens (including phenoxy) is 1. The Balaban J connectivity index is 1.84. The Kier molecular flexibility index (Phi) is 7.90. The first-order valence-electron chi connectivity index (χ1n) is 8.59. The van der Waals surface area contributed by atoms with Gasteiger partial charge in [0, 0.05) is 31.1 Å². The highest BCUT2D eigenvalue weighted by Crippen LogP contribution is 2.19. The van der Waals surface area contributed by atoms with Crippen molar-refractivity contribution in [3.8, 4) is 0 Å². The second-order valence-electron chi connectivity index (χ2n) is 6.52. The number of aliphatic hydroxyl groups is 1. The SMILES string of the molecule is C=CCN(CC(O)COC(C)C)CC1CC(c2ccc(Cl)cc2)=NO1. The Hall–Kier alpha value is -1.40. The topological polar surface area (TPSA) is 54.3 Å². The lowest BCUT2D eigenvalue weighted by Gasteiger charge is -2.26. The molecule has 6 heteroatoms. The van der Waals surface area contributed by atoms with Crippen LogP contribution in [0.25, 0.3) is 0 Å². The Morgan fingerprint density at radius 3 is 2.80 bits per heavy atom. The summed E-state index contributed by atoms with van der Waals surface area (Å²) in [4.78, 5) is 7.68. The Morgan fingerprint density at radius 1 is 1.44 bits per heavy atom. The summed E-state index contributed by atoms with van der Waals surface area (Å²) >= 11 is 5.92. The average molecular weight is 367 g/mol. The number of nitrogens with zero attached hydrogens (tertiary/aromatic N) is 2. The van der Waals surface area contributed by atoms with Crippen molar-refractivity contribution in [1.82, 2.24) is 4.90 Å². The third-order valence-electron chi connectivity index (χ3n) is 3.85. The first kappa shape index (κ1) is 19.9. The van der Waals surface area contributed by atoms with E-state index in [1.165, 1.54) is 0 Å². The molecule has 1 aliphatic rings. The zero-order valence-electron chi connectivity index (χ0n) is 14.9. The summed E-state index contributed by atoms with van der Waals surface area (Å²) in [6.07, 6.45) is 2.08. The van der Waals surface area contributed by atoms with Crippen molar-refractivity contribution in [2.24, 2.45) is 5.16 Å². The van der Waals surface area contributed by atoms with E-state index in [2.05, 4.69) is 16.6 Å². The lowest BCUT2D eigenvalue weighted by atomic mass is 10.0. The first-order chi connectivity index (χ1) is 12.0. The summed E-state index contributed by atoms with van der Waals surface area (Å²) in [5, 5.41) is 15.0. The molecule has 0 aliphatic carbocycles. The third-order valence-corrected chi connectivity index (χ3v) is 4.10. The van der Waals surface area contributed by atoms with Crippen molar-refractivity contribution in [1.29, 1.82) is 0 Å². The normalized spacial score (nSPS) is 18.3. The van der Waals surface area contributed by atoms with Crippen LogP contribution in [0.3, 0.4) is 0 Å². The standard InChI is InChI=1S/C19H27ClN2O3/c1-4-9-22(11-17(23)13-24-14(2)3)12-18-10-19(21-25-18)15-5-7-16(20)8-6-15/h4-8,14,17-18,23H,1,9-13H2,2-3H3. The van der Waals surface area contributed by atoms with Crippen molar-refractivity contribution in [2.45, 2.75) is 38.6 Å². The number of halogens is 1. The molecule has 0 saturated heterocycles. The van der Waals surface area contributed by atoms with E-state index in [4.69, 9.17) is 21.2 Å². The van der Waals surface area contributed by atoms with Gasteiger partial charge in [-0.05, 0) is 31.5 Å². The van der Waals surface area contributed by atoms with Gasteiger partial charge in [0.2, 0.25) is 0 Å². The van der Waals surface area contributed by atoms with Crippen molar-refractivity contribution < 1.29 is 14.7 Å². The highest BCUT2D eigenvalue weighted by Gasteiger charge is 2.25. The predicted molar refractivity (Wildman–Crippen MR) is 101 cm³/mol. The number of rotatable bonds is 10. The van der Waals surface area contributed by atoms with E-state index in [9.17, 15) is 5.11 Å². The quantitative estimate of drug-likeness (QED) is 0.646. The van der Waals surface area contributed by atoms with Gasteiger partial charge in [-0.25, -0.2) is 0 Å². The van der Waals surface area contributed by atoms with Gasteiger partial charge >= 0.3 is 0 Å². The van der Waals surface area contributed by atoms with Crippen LogP contribution in [-0.2, 0) is 9.57 Å². The van der Waals surface area contributed by atoms with Crippen LogP contribution in [-0.4, -0.2) is 60.3 Å². The molecule has 2 atom stereocenters. The van der Waals surface area contributed by atoms with Gasteiger partial charge in [0.05, 0.1) is 24.5 Å². The summed E-state index contributed by atoms with van der Waals surface area (Å²) in [5.74, 6) is 0. The van der Waals surface area contributed by atoms with Crippen LogP contribution < -0.4 is 0 Å². The van der Waals surface area contributed by atoms with E-state index in [-0.39, 0.29) is 12.2 Å². The molecular weight excluding hydrogens is 340 g/mol. The minimum Gasteiger partial charge on any atom is -0.390 e. The van der Waals surface area contributed by atoms with E-state index in [1.54, 1.807) is 0 Å². The van der Waals surface area contributed by atoms with Crippen molar-refractivity contribution in [3.05, 3.63) is 47.5 Å². The van der Waals surface area contributed by atoms with Crippen LogP contribution in [0.1, 0.15) is 25.8 Å². The zero-order chi connectivity index (χ0) is 18.2. The van der Waals surface area contributed by atoms with Gasteiger partial charge in [0.15, 0.2) is 0 Å². The molecule has 138 valence electrons. The maximum atomic E-state index is 10.1. The van der Waals surface area contributed by atoms with Crippen LogP contribution in [0.15, 0.2) is 42.1 Å². The van der Waals surface area contributed by atoms with Crippen LogP contribution in [0.5, 0.6) is 0 Å². The minimum atomic E-state index is -0.541. The van der Waals surface area contributed by atoms with Gasteiger partial charge < -0.3 is 14.7 Å². The Bertz CT molecular complexity index is 575. The predicted octanol–water partition coefficient (Wildman–Crippen LogP) is 3.11. The molecule has 1 aromatic rings. The summed E-state index contributed by atoms with van der Waals surface area (Å²) in [5.41, 5.74) is 1.94. The second-order valence-corrected chi connectivity index (χ2v) is 6.96. The molecule has 2 unspecified atom stereocenters. The van der Waals surface area contributed by atoms with Crippen LogP contribution in [0.2, 0.25) is 5.02 Å². The maximum Gasteiger partial charge on any atom is 0.145 e. The van der Waals surface area contributed by atoms with E-state index in [0.717, 1.165) is 17.7 Å². The lowest BCUT2D eigenvalue weighted by molar-refractivity contribution is -0.0158. The molecule has 0 saturated carbocycles. The molecule has 25 heavy (non-hydrogen) atoms. The first-order valence-corrected chi connectivity index (χ1v) is 8.97. The molecule has 0 bridgehead atoms. The molecule has 1 aliphatic heterocycles. The molecule has 0 fully saturated rings. The van der Waals surface area contributed by atoms with Crippen molar-refractivity contribution in [3.63, 3.8) is 0 Å². The van der Waals surface area contributed by atoms with Crippen LogP contribution >= 0.6 is 11.6 Å². The molecule has 5 nitrogen and oxygen atoms in total. The Labute approximate surface area is 154 Å². The average Bonchev–Trinajstić information content (AvgIpc) is 3.02. The highest BCUT2D eigenvalue weighted by molar-refractivity contribution is 6.30. The maximum absolute atomic E-state index is 10.1. The molecule has 0 aromatic heterocycles. The number of hydrogen-bond acceptors (Lipinski definition) is 5. The molecule has 0 radical (unpaired) electrons. The molecular formula is C19H27ClN2O3. The van der Waals surface area contributed by atoms with Gasteiger partial charge in [-0.3, -0.25) is 4.90 Å². The van der Waals surface area contributed by atoms with Crippen LogP contribution in [0, 0.1) is 0 Å². The Morgan fingerprint density at radius 2 is 2.16 bits per heavy atom. The fraction of sp³-hybridized carbons (Fsp3) is 0.526. The third kappa shape index (κ3) is 6.78. The molecule has 0 spiro atoms. The number of hydrogen-bond donors (Lipinski definition) is 1. The lowest BCUT2D eigenvalue weighted by Crippen LogP contribution is -2.40. The van der Waals surface area contributed by atoms with E-state index >= 15 is 0 Å². The summed E-state index contributed by atoms with van der Waals surface area (Å²) in [6, 6.07) is 7.59. The van der Waals surface area contributed by atoms with Crippen molar-refractivity contribution >= 4 is 17.3 Å². The summed E-state index contributed by atoms with van der Waals surface area (Å²) in [7, 11) is 0. The van der Waals surface area contributed by atoms with Gasteiger partial charge in [-0.15, -0.1) is 6.58 Å². The highest BCUT2D eigenvalue weighted by atomic mass is 35.5. The summed E-state index contributed by atoms with van der Waals surface area (Å²) in [6.45, 7) is 9.88. The molecule has 1 N–H and O–H groups in total. The van der Waals surface area contributed by atoms with Gasteiger partial charge in [0.1, 0.15) is 6.10 Å². The number of benzene rings is 1. The van der Waals surface area contributed by atoms with Gasteiger partial charge in [-0.1, -0.05) is 35.0 Å². The minimum absolute atomic E-state index is 0.0381. The number of aliphatic hydroxyl groups excluding tert-OH is 1. The molecule has 1 heterocycles. The number of oxime groups is 1. The monoisotopic (exact) mass is 366 g/mol. The smallest absolute Gasteiger partial charge is 0.145 e. The van der Waals surface area contributed by atoms with Crippen LogP contribution in [0.4, 0.5) is 0 Å². The molecule has 1 aromatic carbocycles. The fourth-order valence-electron chi connectivity index (χ4n) is 2.69. The van der Waals surface area contributed by atoms with Gasteiger partial charge in [0.25, 0.3) is 0 Å². The van der Waals surface area contributed by atoms with E-state index in [0.29, 0.717) is 31.3 Å². The van der Waals surface area contributed by atoms with Gasteiger partial charge in [-0.2, -0.15) is 0 Å². The molecule has 0 amide bonds. The van der Waals surface area contributed by atoms with E-state index in [1.807, 2.05) is 44.2 Å². The van der Waals surface area contributed by atoms with Crippen molar-refractivity contribution in [2.75, 3.05) is 26.2 Å². The fourth-order valence-corrected chi connectivity index (χ4v) is 2.81. The largest absolute Gasteiger partial charge is 0.390 e. The van der Waals surface area contributed by atoms with E-state index < -0.39 is 6.10 Å².